The lowest BCUT2D eigenvalue weighted by Gasteiger charge is -2.12. The van der Waals surface area contributed by atoms with Crippen molar-refractivity contribution in [1.82, 2.24) is 9.71 Å². The van der Waals surface area contributed by atoms with Gasteiger partial charge in [-0.3, -0.25) is 0 Å². The number of aromatic nitrogens is 1. The fraction of sp³-hybridized carbons (Fsp3) is 0.583. The molecule has 1 saturated carbocycles. The number of nitrogens with one attached hydrogen (secondary N) is 1. The summed E-state index contributed by atoms with van der Waals surface area (Å²) in [5, 5.41) is -0.00418. The lowest BCUT2D eigenvalue weighted by atomic mass is 10.1. The molecular weight excluding hydrogens is 352 g/mol. The van der Waals surface area contributed by atoms with Crippen molar-refractivity contribution >= 4 is 37.6 Å². The smallest absolute Gasteiger partial charge is 0.242 e. The van der Waals surface area contributed by atoms with Crippen LogP contribution in [0.3, 0.4) is 0 Å². The summed E-state index contributed by atoms with van der Waals surface area (Å²) in [5.74, 6) is 1.11. The van der Waals surface area contributed by atoms with E-state index in [1.54, 1.807) is 0 Å². The van der Waals surface area contributed by atoms with Gasteiger partial charge in [0.1, 0.15) is 10.0 Å². The minimum absolute atomic E-state index is 0.00418. The Bertz CT molecular complexity index is 565. The first-order valence-electron chi connectivity index (χ1n) is 6.19. The van der Waals surface area contributed by atoms with Crippen molar-refractivity contribution in [3.63, 3.8) is 0 Å². The molecule has 1 aromatic rings. The van der Waals surface area contributed by atoms with E-state index in [1.165, 1.54) is 18.7 Å². The van der Waals surface area contributed by atoms with Crippen LogP contribution in [0.15, 0.2) is 21.6 Å². The molecule has 2 atom stereocenters. The summed E-state index contributed by atoms with van der Waals surface area (Å²) in [6.45, 7) is 2.67. The second-order valence-electron chi connectivity index (χ2n) is 5.08. The predicted octanol–water partition coefficient (Wildman–Crippen LogP) is 3.21. The van der Waals surface area contributed by atoms with E-state index in [4.69, 9.17) is 11.6 Å². The van der Waals surface area contributed by atoms with Crippen LogP contribution in [0.4, 0.5) is 0 Å². The van der Waals surface area contributed by atoms with Gasteiger partial charge < -0.3 is 0 Å². The van der Waals surface area contributed by atoms with Crippen LogP contribution in [-0.2, 0) is 10.0 Å². The SMILES string of the molecule is CC1CCC(CNS(=O)(=O)c2cc(Br)cnc2Cl)C1. The third-order valence-electron chi connectivity index (χ3n) is 3.43. The van der Waals surface area contributed by atoms with Crippen LogP contribution >= 0.6 is 27.5 Å². The second kappa shape index (κ2) is 6.08. The molecule has 0 radical (unpaired) electrons. The van der Waals surface area contributed by atoms with Crippen molar-refractivity contribution in [3.05, 3.63) is 21.9 Å². The zero-order chi connectivity index (χ0) is 14.0. The Hall–Kier alpha value is -0.170. The Morgan fingerprint density at radius 1 is 1.53 bits per heavy atom. The number of hydrogen-bond acceptors (Lipinski definition) is 3. The van der Waals surface area contributed by atoms with E-state index in [0.717, 1.165) is 12.8 Å². The molecule has 1 N–H and O–H groups in total. The molecule has 1 aliphatic carbocycles. The average molecular weight is 368 g/mol. The largest absolute Gasteiger partial charge is 0.243 e. The van der Waals surface area contributed by atoms with E-state index in [1.807, 2.05) is 0 Å². The van der Waals surface area contributed by atoms with Gasteiger partial charge in [-0.25, -0.2) is 18.1 Å². The Labute approximate surface area is 127 Å². The highest BCUT2D eigenvalue weighted by Gasteiger charge is 2.25. The highest BCUT2D eigenvalue weighted by Crippen LogP contribution is 2.30. The van der Waals surface area contributed by atoms with E-state index >= 15 is 0 Å². The van der Waals surface area contributed by atoms with Gasteiger partial charge in [0.2, 0.25) is 10.0 Å². The zero-order valence-electron chi connectivity index (χ0n) is 10.6. The molecule has 7 heteroatoms. The number of nitrogens with zero attached hydrogens (tertiary/aromatic N) is 1. The number of hydrogen-bond donors (Lipinski definition) is 1. The molecule has 0 spiro atoms. The molecule has 106 valence electrons. The zero-order valence-corrected chi connectivity index (χ0v) is 13.7. The summed E-state index contributed by atoms with van der Waals surface area (Å²) < 4.78 is 27.6. The van der Waals surface area contributed by atoms with Gasteiger partial charge in [0, 0.05) is 17.2 Å². The molecule has 2 unspecified atom stereocenters. The molecular formula is C12H16BrClN2O2S. The van der Waals surface area contributed by atoms with Gasteiger partial charge in [0.05, 0.1) is 0 Å². The molecule has 0 saturated heterocycles. The summed E-state index contributed by atoms with van der Waals surface area (Å²) in [4.78, 5) is 3.86. The molecule has 0 amide bonds. The van der Waals surface area contributed by atoms with Crippen molar-refractivity contribution < 1.29 is 8.42 Å². The van der Waals surface area contributed by atoms with Crippen molar-refractivity contribution in [2.75, 3.05) is 6.54 Å². The quantitative estimate of drug-likeness (QED) is 0.831. The van der Waals surface area contributed by atoms with Crippen LogP contribution in [-0.4, -0.2) is 19.9 Å². The van der Waals surface area contributed by atoms with E-state index in [2.05, 4.69) is 32.6 Å². The van der Waals surface area contributed by atoms with Crippen molar-refractivity contribution in [1.29, 1.82) is 0 Å². The maximum Gasteiger partial charge on any atom is 0.243 e. The normalized spacial score (nSPS) is 23.7. The lowest BCUT2D eigenvalue weighted by Crippen LogP contribution is -2.29. The molecule has 0 bridgehead atoms. The Balaban J connectivity index is 2.08. The Morgan fingerprint density at radius 3 is 2.89 bits per heavy atom. The lowest BCUT2D eigenvalue weighted by molar-refractivity contribution is 0.498. The summed E-state index contributed by atoms with van der Waals surface area (Å²) in [5.41, 5.74) is 0. The standard InChI is InChI=1S/C12H16BrClN2O2S/c1-8-2-3-9(4-8)6-16-19(17,18)11-5-10(13)7-15-12(11)14/h5,7-9,16H,2-4,6H2,1H3. The minimum atomic E-state index is -3.59. The average Bonchev–Trinajstić information content (AvgIpc) is 2.76. The van der Waals surface area contributed by atoms with Crippen molar-refractivity contribution in [2.24, 2.45) is 11.8 Å². The van der Waals surface area contributed by atoms with Gasteiger partial charge in [0.25, 0.3) is 0 Å². The van der Waals surface area contributed by atoms with Gasteiger partial charge in [-0.15, -0.1) is 0 Å². The van der Waals surface area contributed by atoms with Crippen LogP contribution in [0, 0.1) is 11.8 Å². The highest BCUT2D eigenvalue weighted by molar-refractivity contribution is 9.10. The third-order valence-corrected chi connectivity index (χ3v) is 5.71. The summed E-state index contributed by atoms with van der Waals surface area (Å²) in [6, 6.07) is 1.47. The molecule has 1 fully saturated rings. The summed E-state index contributed by atoms with van der Waals surface area (Å²) in [6.07, 6.45) is 4.80. The van der Waals surface area contributed by atoms with Crippen LogP contribution in [0.25, 0.3) is 0 Å². The first-order valence-corrected chi connectivity index (χ1v) is 8.84. The third kappa shape index (κ3) is 3.90. The maximum atomic E-state index is 12.2. The van der Waals surface area contributed by atoms with E-state index in [0.29, 0.717) is 22.9 Å². The van der Waals surface area contributed by atoms with Gasteiger partial charge in [-0.2, -0.15) is 0 Å². The molecule has 1 aliphatic rings. The van der Waals surface area contributed by atoms with Gasteiger partial charge in [-0.05, 0) is 46.7 Å². The number of sulfonamides is 1. The Kier molecular flexibility index (Phi) is 4.87. The van der Waals surface area contributed by atoms with Crippen molar-refractivity contribution in [2.45, 2.75) is 31.1 Å². The van der Waals surface area contributed by atoms with Gasteiger partial charge >= 0.3 is 0 Å². The minimum Gasteiger partial charge on any atom is -0.242 e. The number of pyridine rings is 1. The van der Waals surface area contributed by atoms with E-state index < -0.39 is 10.0 Å². The molecule has 19 heavy (non-hydrogen) atoms. The summed E-state index contributed by atoms with van der Waals surface area (Å²) >= 11 is 9.05. The molecule has 1 aromatic heterocycles. The van der Waals surface area contributed by atoms with Crippen LogP contribution < -0.4 is 4.72 Å². The fourth-order valence-electron chi connectivity index (χ4n) is 2.41. The molecule has 2 rings (SSSR count). The van der Waals surface area contributed by atoms with Crippen LogP contribution in [0.5, 0.6) is 0 Å². The molecule has 1 heterocycles. The van der Waals surface area contributed by atoms with Crippen LogP contribution in [0.1, 0.15) is 26.2 Å². The second-order valence-corrected chi connectivity index (χ2v) is 8.09. The fourth-order valence-corrected chi connectivity index (χ4v) is 4.47. The van der Waals surface area contributed by atoms with Gasteiger partial charge in [0.15, 0.2) is 0 Å². The molecule has 4 nitrogen and oxygen atoms in total. The number of rotatable bonds is 4. The number of halogens is 2. The van der Waals surface area contributed by atoms with Gasteiger partial charge in [-0.1, -0.05) is 24.9 Å². The predicted molar refractivity (Wildman–Crippen MR) is 78.6 cm³/mol. The first-order chi connectivity index (χ1) is 8.88. The molecule has 0 aromatic carbocycles. The monoisotopic (exact) mass is 366 g/mol. The van der Waals surface area contributed by atoms with E-state index in [9.17, 15) is 8.42 Å². The Morgan fingerprint density at radius 2 is 2.26 bits per heavy atom. The maximum absolute atomic E-state index is 12.2. The highest BCUT2D eigenvalue weighted by atomic mass is 79.9. The van der Waals surface area contributed by atoms with Crippen molar-refractivity contribution in [3.8, 4) is 0 Å². The summed E-state index contributed by atoms with van der Waals surface area (Å²) in [7, 11) is -3.59. The van der Waals surface area contributed by atoms with Crippen LogP contribution in [0.2, 0.25) is 5.15 Å². The molecule has 0 aliphatic heterocycles. The topological polar surface area (TPSA) is 59.1 Å². The van der Waals surface area contributed by atoms with E-state index in [-0.39, 0.29) is 10.0 Å². The first kappa shape index (κ1) is 15.2.